The first kappa shape index (κ1) is 16.0. The number of aromatic nitrogens is 5. The predicted molar refractivity (Wildman–Crippen MR) is 103 cm³/mol. The molecule has 1 aliphatic rings. The minimum atomic E-state index is 0.0388. The molecule has 1 fully saturated rings. The summed E-state index contributed by atoms with van der Waals surface area (Å²) in [4.78, 5) is 23.2. The van der Waals surface area contributed by atoms with Crippen molar-refractivity contribution in [3.8, 4) is 0 Å². The maximum Gasteiger partial charge on any atom is 0.253 e. The molecule has 4 aromatic rings. The molecule has 136 valence electrons. The van der Waals surface area contributed by atoms with E-state index in [9.17, 15) is 4.79 Å². The van der Waals surface area contributed by atoms with Crippen LogP contribution in [0.3, 0.4) is 0 Å². The van der Waals surface area contributed by atoms with Crippen LogP contribution in [0, 0.1) is 6.92 Å². The highest BCUT2D eigenvalue weighted by atomic mass is 16.2. The van der Waals surface area contributed by atoms with Crippen molar-refractivity contribution in [1.29, 1.82) is 0 Å². The first-order valence-corrected chi connectivity index (χ1v) is 9.24. The zero-order valence-corrected chi connectivity index (χ0v) is 15.1. The number of H-pyrrole nitrogens is 2. The number of likely N-dealkylation sites (tertiary alicyclic amines) is 1. The Balaban J connectivity index is 1.40. The SMILES string of the molecule is Cc1cccc2[nH]c([C@@H]3CCCN(C(=O)c4ccc5n[nH]nc5c4)C3)nc12. The molecule has 7 nitrogen and oxygen atoms in total. The lowest BCUT2D eigenvalue weighted by molar-refractivity contribution is 0.0705. The molecule has 0 radical (unpaired) electrons. The fourth-order valence-electron chi connectivity index (χ4n) is 3.93. The summed E-state index contributed by atoms with van der Waals surface area (Å²) in [5, 5.41) is 10.7. The van der Waals surface area contributed by atoms with Gasteiger partial charge >= 0.3 is 0 Å². The number of benzene rings is 2. The molecule has 1 aliphatic heterocycles. The second kappa shape index (κ2) is 6.19. The highest BCUT2D eigenvalue weighted by molar-refractivity contribution is 5.97. The normalized spacial score (nSPS) is 17.7. The highest BCUT2D eigenvalue weighted by Crippen LogP contribution is 2.28. The van der Waals surface area contributed by atoms with Crippen LogP contribution in [-0.2, 0) is 0 Å². The van der Waals surface area contributed by atoms with Gasteiger partial charge in [-0.15, -0.1) is 0 Å². The van der Waals surface area contributed by atoms with Crippen molar-refractivity contribution in [1.82, 2.24) is 30.3 Å². The van der Waals surface area contributed by atoms with Gasteiger partial charge in [0.1, 0.15) is 16.9 Å². The quantitative estimate of drug-likeness (QED) is 0.574. The summed E-state index contributed by atoms with van der Waals surface area (Å²) in [5.74, 6) is 1.24. The van der Waals surface area contributed by atoms with Gasteiger partial charge in [0.15, 0.2) is 0 Å². The Kier molecular flexibility index (Phi) is 3.67. The molecule has 1 amide bonds. The summed E-state index contributed by atoms with van der Waals surface area (Å²) in [6.07, 6.45) is 2.00. The van der Waals surface area contributed by atoms with Crippen molar-refractivity contribution in [2.45, 2.75) is 25.7 Å². The summed E-state index contributed by atoms with van der Waals surface area (Å²) < 4.78 is 0. The van der Waals surface area contributed by atoms with E-state index in [-0.39, 0.29) is 11.8 Å². The Hall–Kier alpha value is -3.22. The number of aromatic amines is 2. The third-order valence-electron chi connectivity index (χ3n) is 5.39. The Labute approximate surface area is 155 Å². The lowest BCUT2D eigenvalue weighted by Gasteiger charge is -2.32. The molecule has 0 spiro atoms. The number of piperidine rings is 1. The van der Waals surface area contributed by atoms with E-state index in [0.717, 1.165) is 41.8 Å². The molecule has 1 saturated heterocycles. The van der Waals surface area contributed by atoms with Crippen molar-refractivity contribution >= 4 is 28.0 Å². The van der Waals surface area contributed by atoms with Crippen LogP contribution in [0.15, 0.2) is 36.4 Å². The lowest BCUT2D eigenvalue weighted by atomic mass is 9.96. The fraction of sp³-hybridized carbons (Fsp3) is 0.300. The number of aryl methyl sites for hydroxylation is 1. The number of hydrogen-bond donors (Lipinski definition) is 2. The van der Waals surface area contributed by atoms with Crippen LogP contribution in [-0.4, -0.2) is 49.3 Å². The van der Waals surface area contributed by atoms with E-state index >= 15 is 0 Å². The molecule has 5 rings (SSSR count). The Bertz CT molecular complexity index is 1140. The Morgan fingerprint density at radius 2 is 2.07 bits per heavy atom. The number of fused-ring (bicyclic) bond motifs is 2. The molecule has 2 aromatic heterocycles. The van der Waals surface area contributed by atoms with Crippen molar-refractivity contribution < 1.29 is 4.79 Å². The van der Waals surface area contributed by atoms with Crippen LogP contribution >= 0.6 is 0 Å². The largest absolute Gasteiger partial charge is 0.342 e. The van der Waals surface area contributed by atoms with E-state index in [2.05, 4.69) is 39.5 Å². The lowest BCUT2D eigenvalue weighted by Crippen LogP contribution is -2.39. The predicted octanol–water partition coefficient (Wildman–Crippen LogP) is 3.16. The molecule has 3 heterocycles. The van der Waals surface area contributed by atoms with Gasteiger partial charge in [0.05, 0.1) is 11.0 Å². The second-order valence-electron chi connectivity index (χ2n) is 7.21. The van der Waals surface area contributed by atoms with E-state index in [0.29, 0.717) is 17.6 Å². The maximum atomic E-state index is 13.0. The minimum absolute atomic E-state index is 0.0388. The summed E-state index contributed by atoms with van der Waals surface area (Å²) in [7, 11) is 0. The smallest absolute Gasteiger partial charge is 0.253 e. The van der Waals surface area contributed by atoms with Crippen LogP contribution < -0.4 is 0 Å². The number of hydrogen-bond acceptors (Lipinski definition) is 4. The molecule has 2 aromatic carbocycles. The number of para-hydroxylation sites is 1. The number of rotatable bonds is 2. The molecule has 0 unspecified atom stereocenters. The molecule has 2 N–H and O–H groups in total. The van der Waals surface area contributed by atoms with Gasteiger partial charge in [-0.3, -0.25) is 4.79 Å². The molecular weight excluding hydrogens is 340 g/mol. The summed E-state index contributed by atoms with van der Waals surface area (Å²) in [6, 6.07) is 11.6. The van der Waals surface area contributed by atoms with E-state index in [1.165, 1.54) is 5.56 Å². The fourth-order valence-corrected chi connectivity index (χ4v) is 3.93. The monoisotopic (exact) mass is 360 g/mol. The average Bonchev–Trinajstić information content (AvgIpc) is 3.34. The van der Waals surface area contributed by atoms with Crippen LogP contribution in [0.1, 0.15) is 40.5 Å². The maximum absolute atomic E-state index is 13.0. The molecule has 27 heavy (non-hydrogen) atoms. The van der Waals surface area contributed by atoms with Crippen molar-refractivity contribution in [3.05, 3.63) is 53.3 Å². The molecule has 0 aliphatic carbocycles. The van der Waals surface area contributed by atoms with E-state index in [4.69, 9.17) is 4.98 Å². The topological polar surface area (TPSA) is 90.6 Å². The highest BCUT2D eigenvalue weighted by Gasteiger charge is 2.27. The minimum Gasteiger partial charge on any atom is -0.342 e. The number of amides is 1. The molecule has 1 atom stereocenters. The van der Waals surface area contributed by atoms with E-state index < -0.39 is 0 Å². The van der Waals surface area contributed by atoms with Gasteiger partial charge in [-0.05, 0) is 49.6 Å². The van der Waals surface area contributed by atoms with Crippen LogP contribution in [0.25, 0.3) is 22.1 Å². The number of imidazole rings is 1. The van der Waals surface area contributed by atoms with Crippen LogP contribution in [0.2, 0.25) is 0 Å². The van der Waals surface area contributed by atoms with Gasteiger partial charge in [0.25, 0.3) is 5.91 Å². The van der Waals surface area contributed by atoms with E-state index in [1.54, 1.807) is 6.07 Å². The standard InChI is InChI=1S/C20H20N6O/c1-12-4-2-6-16-18(12)22-19(21-16)14-5-3-9-26(11-14)20(27)13-7-8-15-17(10-13)24-25-23-15/h2,4,6-8,10,14H,3,5,9,11H2,1H3,(H,21,22)(H,23,24,25)/t14-/m1/s1. The first-order chi connectivity index (χ1) is 13.2. The number of nitrogens with zero attached hydrogens (tertiary/aromatic N) is 4. The Morgan fingerprint density at radius 3 is 2.96 bits per heavy atom. The molecule has 0 saturated carbocycles. The van der Waals surface area contributed by atoms with Gasteiger partial charge < -0.3 is 9.88 Å². The summed E-state index contributed by atoms with van der Waals surface area (Å²) >= 11 is 0. The summed E-state index contributed by atoms with van der Waals surface area (Å²) in [6.45, 7) is 3.52. The van der Waals surface area contributed by atoms with Gasteiger partial charge in [0.2, 0.25) is 0 Å². The number of nitrogens with one attached hydrogen (secondary N) is 2. The van der Waals surface area contributed by atoms with Crippen LogP contribution in [0.5, 0.6) is 0 Å². The first-order valence-electron chi connectivity index (χ1n) is 9.24. The zero-order chi connectivity index (χ0) is 18.4. The second-order valence-corrected chi connectivity index (χ2v) is 7.21. The number of carbonyl (C=O) groups is 1. The molecule has 7 heteroatoms. The Morgan fingerprint density at radius 1 is 1.19 bits per heavy atom. The van der Waals surface area contributed by atoms with Crippen molar-refractivity contribution in [2.75, 3.05) is 13.1 Å². The van der Waals surface area contributed by atoms with Gasteiger partial charge in [0, 0.05) is 24.6 Å². The van der Waals surface area contributed by atoms with Crippen LogP contribution in [0.4, 0.5) is 0 Å². The van der Waals surface area contributed by atoms with E-state index in [1.807, 2.05) is 23.1 Å². The van der Waals surface area contributed by atoms with Gasteiger partial charge in [-0.1, -0.05) is 12.1 Å². The van der Waals surface area contributed by atoms with Gasteiger partial charge in [-0.2, -0.15) is 15.4 Å². The van der Waals surface area contributed by atoms with Crippen molar-refractivity contribution in [2.24, 2.45) is 0 Å². The average molecular weight is 360 g/mol. The molecule has 0 bridgehead atoms. The zero-order valence-electron chi connectivity index (χ0n) is 15.1. The third-order valence-corrected chi connectivity index (χ3v) is 5.39. The number of carbonyl (C=O) groups excluding carboxylic acids is 1. The third kappa shape index (κ3) is 2.75. The van der Waals surface area contributed by atoms with Crippen molar-refractivity contribution in [3.63, 3.8) is 0 Å². The summed E-state index contributed by atoms with van der Waals surface area (Å²) in [5.41, 5.74) is 5.37. The van der Waals surface area contributed by atoms with Gasteiger partial charge in [-0.25, -0.2) is 4.98 Å². The molecular formula is C20H20N6O.